The van der Waals surface area contributed by atoms with Crippen molar-refractivity contribution in [2.75, 3.05) is 11.9 Å². The van der Waals surface area contributed by atoms with E-state index in [0.29, 0.717) is 5.92 Å². The second kappa shape index (κ2) is 6.59. The Balaban J connectivity index is 2.50. The Morgan fingerprint density at radius 3 is 2.80 bits per heavy atom. The average molecular weight is 338 g/mol. The van der Waals surface area contributed by atoms with Crippen LogP contribution < -0.4 is 5.32 Å². The van der Waals surface area contributed by atoms with E-state index in [0.717, 1.165) is 17.3 Å². The van der Waals surface area contributed by atoms with Crippen molar-refractivity contribution in [1.29, 1.82) is 0 Å². The summed E-state index contributed by atoms with van der Waals surface area (Å²) in [5, 5.41) is 4.20. The van der Waals surface area contributed by atoms with Gasteiger partial charge in [0.25, 0.3) is 0 Å². The van der Waals surface area contributed by atoms with Gasteiger partial charge in [-0.1, -0.05) is 31.9 Å². The third-order valence-electron chi connectivity index (χ3n) is 2.35. The number of hydrogen-bond donors (Lipinski definition) is 1. The highest BCUT2D eigenvalue weighted by Gasteiger charge is 2.03. The minimum atomic E-state index is 0.699. The van der Waals surface area contributed by atoms with E-state index < -0.39 is 0 Å². The molecule has 1 N–H and O–H groups in total. The van der Waals surface area contributed by atoms with Crippen LogP contribution in [0.2, 0.25) is 5.02 Å². The monoisotopic (exact) mass is 337 g/mol. The van der Waals surface area contributed by atoms with Crippen molar-refractivity contribution in [1.82, 2.24) is 0 Å². The standard InChI is InChI=1S/C12H17ClIN/c1-3-4-9(2)8-15-12-6-5-10(14)7-11(12)13/h5-7,9,15H,3-4,8H2,1-2H3. The van der Waals surface area contributed by atoms with Crippen molar-refractivity contribution in [3.63, 3.8) is 0 Å². The van der Waals surface area contributed by atoms with Gasteiger partial charge in [0.05, 0.1) is 10.7 Å². The highest BCUT2D eigenvalue weighted by Crippen LogP contribution is 2.24. The van der Waals surface area contributed by atoms with Crippen molar-refractivity contribution in [3.05, 3.63) is 26.8 Å². The molecule has 15 heavy (non-hydrogen) atoms. The Morgan fingerprint density at radius 2 is 2.20 bits per heavy atom. The topological polar surface area (TPSA) is 12.0 Å². The summed E-state index contributed by atoms with van der Waals surface area (Å²) in [7, 11) is 0. The first-order chi connectivity index (χ1) is 7.13. The van der Waals surface area contributed by atoms with Crippen LogP contribution >= 0.6 is 34.2 Å². The molecule has 84 valence electrons. The van der Waals surface area contributed by atoms with E-state index >= 15 is 0 Å². The number of halogens is 2. The lowest BCUT2D eigenvalue weighted by molar-refractivity contribution is 0.551. The quantitative estimate of drug-likeness (QED) is 0.762. The second-order valence-electron chi connectivity index (χ2n) is 3.90. The summed E-state index contributed by atoms with van der Waals surface area (Å²) in [4.78, 5) is 0. The molecule has 0 spiro atoms. The van der Waals surface area contributed by atoms with E-state index in [1.165, 1.54) is 16.4 Å². The highest BCUT2D eigenvalue weighted by molar-refractivity contribution is 14.1. The van der Waals surface area contributed by atoms with Crippen molar-refractivity contribution >= 4 is 39.9 Å². The van der Waals surface area contributed by atoms with E-state index in [9.17, 15) is 0 Å². The maximum atomic E-state index is 6.12. The Hall–Kier alpha value is 0.0400. The van der Waals surface area contributed by atoms with Crippen LogP contribution in [0, 0.1) is 9.49 Å². The fraction of sp³-hybridized carbons (Fsp3) is 0.500. The molecular formula is C12H17ClIN. The molecule has 0 aliphatic heterocycles. The predicted octanol–water partition coefficient (Wildman–Crippen LogP) is 4.79. The Labute approximate surface area is 111 Å². The minimum Gasteiger partial charge on any atom is -0.384 e. The van der Waals surface area contributed by atoms with Crippen LogP contribution in [0.3, 0.4) is 0 Å². The summed E-state index contributed by atoms with van der Waals surface area (Å²) in [5.74, 6) is 0.699. The molecule has 1 rings (SSSR count). The molecular weight excluding hydrogens is 320 g/mol. The van der Waals surface area contributed by atoms with Gasteiger partial charge in [0.1, 0.15) is 0 Å². The van der Waals surface area contributed by atoms with E-state index in [1.54, 1.807) is 0 Å². The zero-order valence-corrected chi connectivity index (χ0v) is 12.1. The smallest absolute Gasteiger partial charge is 0.0648 e. The maximum absolute atomic E-state index is 6.12. The summed E-state index contributed by atoms with van der Waals surface area (Å²) in [5.41, 5.74) is 1.04. The van der Waals surface area contributed by atoms with Crippen LogP contribution in [0.5, 0.6) is 0 Å². The number of benzene rings is 1. The van der Waals surface area contributed by atoms with Crippen LogP contribution in [0.15, 0.2) is 18.2 Å². The predicted molar refractivity (Wildman–Crippen MR) is 76.7 cm³/mol. The van der Waals surface area contributed by atoms with Gasteiger partial charge in [-0.2, -0.15) is 0 Å². The number of nitrogens with one attached hydrogen (secondary N) is 1. The van der Waals surface area contributed by atoms with Crippen LogP contribution in [0.4, 0.5) is 5.69 Å². The first kappa shape index (κ1) is 13.1. The van der Waals surface area contributed by atoms with Crippen molar-refractivity contribution < 1.29 is 0 Å². The molecule has 1 atom stereocenters. The zero-order valence-electron chi connectivity index (χ0n) is 9.19. The fourth-order valence-electron chi connectivity index (χ4n) is 1.51. The molecule has 0 amide bonds. The lowest BCUT2D eigenvalue weighted by Gasteiger charge is -2.13. The third kappa shape index (κ3) is 4.60. The molecule has 0 saturated carbocycles. The second-order valence-corrected chi connectivity index (χ2v) is 5.55. The summed E-state index contributed by atoms with van der Waals surface area (Å²) in [6.45, 7) is 5.47. The molecule has 3 heteroatoms. The van der Waals surface area contributed by atoms with Gasteiger partial charge in [-0.15, -0.1) is 0 Å². The summed E-state index contributed by atoms with van der Waals surface area (Å²) in [6, 6.07) is 6.09. The molecule has 1 unspecified atom stereocenters. The molecule has 0 fully saturated rings. The fourth-order valence-corrected chi connectivity index (χ4v) is 2.43. The summed E-state index contributed by atoms with van der Waals surface area (Å²) >= 11 is 8.39. The van der Waals surface area contributed by atoms with Gasteiger partial charge in [0, 0.05) is 10.1 Å². The van der Waals surface area contributed by atoms with Crippen molar-refractivity contribution in [2.45, 2.75) is 26.7 Å². The number of hydrogen-bond acceptors (Lipinski definition) is 1. The first-order valence-corrected chi connectivity index (χ1v) is 6.78. The zero-order chi connectivity index (χ0) is 11.3. The Morgan fingerprint density at radius 1 is 1.47 bits per heavy atom. The van der Waals surface area contributed by atoms with E-state index in [-0.39, 0.29) is 0 Å². The van der Waals surface area contributed by atoms with Gasteiger partial charge in [-0.3, -0.25) is 0 Å². The molecule has 0 aliphatic rings. The van der Waals surface area contributed by atoms with Gasteiger partial charge < -0.3 is 5.32 Å². The molecule has 1 aromatic carbocycles. The molecule has 0 heterocycles. The van der Waals surface area contributed by atoms with Gasteiger partial charge in [0.15, 0.2) is 0 Å². The largest absolute Gasteiger partial charge is 0.384 e. The Bertz CT molecular complexity index is 314. The van der Waals surface area contributed by atoms with Crippen molar-refractivity contribution in [2.24, 2.45) is 5.92 Å². The lowest BCUT2D eigenvalue weighted by atomic mass is 10.1. The number of anilines is 1. The minimum absolute atomic E-state index is 0.699. The van der Waals surface area contributed by atoms with Crippen molar-refractivity contribution in [3.8, 4) is 0 Å². The summed E-state index contributed by atoms with van der Waals surface area (Å²) in [6.07, 6.45) is 2.50. The average Bonchev–Trinajstić information content (AvgIpc) is 2.17. The van der Waals surface area contributed by atoms with Crippen LogP contribution in [0.1, 0.15) is 26.7 Å². The summed E-state index contributed by atoms with van der Waals surface area (Å²) < 4.78 is 1.17. The van der Waals surface area contributed by atoms with Crippen LogP contribution in [-0.2, 0) is 0 Å². The van der Waals surface area contributed by atoms with Crippen LogP contribution in [0.25, 0.3) is 0 Å². The van der Waals surface area contributed by atoms with Gasteiger partial charge in [0.2, 0.25) is 0 Å². The van der Waals surface area contributed by atoms with Gasteiger partial charge in [-0.05, 0) is 53.1 Å². The van der Waals surface area contributed by atoms with E-state index in [4.69, 9.17) is 11.6 Å². The lowest BCUT2D eigenvalue weighted by Crippen LogP contribution is -2.11. The maximum Gasteiger partial charge on any atom is 0.0648 e. The third-order valence-corrected chi connectivity index (χ3v) is 3.34. The van der Waals surface area contributed by atoms with Gasteiger partial charge >= 0.3 is 0 Å². The van der Waals surface area contributed by atoms with E-state index in [1.807, 2.05) is 12.1 Å². The number of rotatable bonds is 5. The molecule has 0 bridgehead atoms. The molecule has 0 radical (unpaired) electrons. The normalized spacial score (nSPS) is 12.5. The van der Waals surface area contributed by atoms with Crippen LogP contribution in [-0.4, -0.2) is 6.54 Å². The highest BCUT2D eigenvalue weighted by atomic mass is 127. The Kier molecular flexibility index (Phi) is 5.75. The van der Waals surface area contributed by atoms with E-state index in [2.05, 4.69) is 47.8 Å². The molecule has 1 aromatic rings. The first-order valence-electron chi connectivity index (χ1n) is 5.32. The molecule has 0 saturated heterocycles. The molecule has 0 aromatic heterocycles. The molecule has 1 nitrogen and oxygen atoms in total. The SMILES string of the molecule is CCCC(C)CNc1ccc(I)cc1Cl. The van der Waals surface area contributed by atoms with Gasteiger partial charge in [-0.25, -0.2) is 0 Å². The molecule has 0 aliphatic carbocycles.